The maximum absolute atomic E-state index is 13.1. The molecule has 19 heteroatoms. The van der Waals surface area contributed by atoms with E-state index in [0.29, 0.717) is 25.7 Å². The van der Waals surface area contributed by atoms with Crippen molar-refractivity contribution in [3.63, 3.8) is 0 Å². The molecule has 0 radical (unpaired) electrons. The smallest absolute Gasteiger partial charge is 0.462 e. The fourth-order valence-corrected chi connectivity index (χ4v) is 13.3. The zero-order chi connectivity index (χ0) is 70.7. The fraction of sp³-hybridized carbons (Fsp3) is 0.948. The van der Waals surface area contributed by atoms with Crippen LogP contribution in [0.5, 0.6) is 0 Å². The molecule has 0 aromatic carbocycles. The van der Waals surface area contributed by atoms with Gasteiger partial charge in [0.05, 0.1) is 26.4 Å². The lowest BCUT2D eigenvalue weighted by atomic mass is 9.99. The van der Waals surface area contributed by atoms with E-state index in [1.165, 1.54) is 212 Å². The number of hydrogen-bond acceptors (Lipinski definition) is 15. The quantitative estimate of drug-likeness (QED) is 0.0222. The SMILES string of the molecule is CCCCCCCCCCCCCCCCCCCCCCCC(=O)O[C@H](COC(=O)CCCCCCCCCCCCCCCCC(C)CC)COP(=O)(O)OC[C@@H](O)COP(=O)(O)OC[C@@H](COC(=O)CCCCCCC)OC(=O)CCCCCCCCCCC(C)CC. The zero-order valence-electron chi connectivity index (χ0n) is 62.7. The number of aliphatic hydroxyl groups is 1. The molecule has 0 rings (SSSR count). The van der Waals surface area contributed by atoms with Gasteiger partial charge in [-0.3, -0.25) is 37.3 Å². The van der Waals surface area contributed by atoms with Crippen molar-refractivity contribution in [1.82, 2.24) is 0 Å². The topological polar surface area (TPSA) is 237 Å². The highest BCUT2D eigenvalue weighted by molar-refractivity contribution is 7.47. The number of ether oxygens (including phenoxy) is 4. The summed E-state index contributed by atoms with van der Waals surface area (Å²) in [5, 5.41) is 10.6. The number of phosphoric acid groups is 2. The van der Waals surface area contributed by atoms with E-state index >= 15 is 0 Å². The zero-order valence-corrected chi connectivity index (χ0v) is 64.5. The van der Waals surface area contributed by atoms with Crippen molar-refractivity contribution < 1.29 is 80.2 Å². The summed E-state index contributed by atoms with van der Waals surface area (Å²) in [6.07, 6.45) is 57.4. The van der Waals surface area contributed by atoms with Gasteiger partial charge in [-0.05, 0) is 37.5 Å². The van der Waals surface area contributed by atoms with Gasteiger partial charge >= 0.3 is 39.5 Å². The van der Waals surface area contributed by atoms with Gasteiger partial charge in [-0.25, -0.2) is 9.13 Å². The highest BCUT2D eigenvalue weighted by Gasteiger charge is 2.30. The first-order chi connectivity index (χ1) is 46.4. The Morgan fingerprint density at radius 2 is 0.500 bits per heavy atom. The van der Waals surface area contributed by atoms with Crippen molar-refractivity contribution in [3.05, 3.63) is 0 Å². The fourth-order valence-electron chi connectivity index (χ4n) is 11.8. The Labute approximate surface area is 588 Å². The second kappa shape index (κ2) is 68.8. The molecule has 4 unspecified atom stereocenters. The molecule has 3 N–H and O–H groups in total. The highest BCUT2D eigenvalue weighted by Crippen LogP contribution is 2.45. The average molecular weight is 1410 g/mol. The van der Waals surface area contributed by atoms with E-state index < -0.39 is 97.5 Å². The van der Waals surface area contributed by atoms with E-state index in [1.807, 2.05) is 0 Å². The van der Waals surface area contributed by atoms with Crippen molar-refractivity contribution in [1.29, 1.82) is 0 Å². The van der Waals surface area contributed by atoms with Crippen LogP contribution in [-0.2, 0) is 65.4 Å². The Morgan fingerprint density at radius 1 is 0.292 bits per heavy atom. The first-order valence-electron chi connectivity index (χ1n) is 40.1. The van der Waals surface area contributed by atoms with Gasteiger partial charge in [0.15, 0.2) is 12.2 Å². The van der Waals surface area contributed by atoms with Crippen LogP contribution in [0.4, 0.5) is 0 Å². The summed E-state index contributed by atoms with van der Waals surface area (Å²) in [5.41, 5.74) is 0. The molecule has 0 heterocycles. The van der Waals surface area contributed by atoms with Crippen LogP contribution in [0.25, 0.3) is 0 Å². The van der Waals surface area contributed by atoms with E-state index in [4.69, 9.17) is 37.0 Å². The third-order valence-electron chi connectivity index (χ3n) is 18.7. The number of phosphoric ester groups is 2. The van der Waals surface area contributed by atoms with Crippen molar-refractivity contribution in [2.45, 2.75) is 419 Å². The molecule has 0 spiro atoms. The van der Waals surface area contributed by atoms with Crippen molar-refractivity contribution in [2.24, 2.45) is 11.8 Å². The van der Waals surface area contributed by atoms with Gasteiger partial charge in [-0.2, -0.15) is 0 Å². The lowest BCUT2D eigenvalue weighted by molar-refractivity contribution is -0.161. The Kier molecular flexibility index (Phi) is 67.4. The number of aliphatic hydroxyl groups excluding tert-OH is 1. The van der Waals surface area contributed by atoms with E-state index in [9.17, 15) is 43.2 Å². The summed E-state index contributed by atoms with van der Waals surface area (Å²) in [5.74, 6) is -0.508. The van der Waals surface area contributed by atoms with Crippen molar-refractivity contribution in [2.75, 3.05) is 39.6 Å². The molecular weight excluding hydrogens is 1260 g/mol. The molecular formula is C77H150O17P2. The molecule has 0 amide bonds. The molecule has 570 valence electrons. The molecule has 7 atom stereocenters. The Bertz CT molecular complexity index is 1860. The first kappa shape index (κ1) is 94.1. The van der Waals surface area contributed by atoms with Crippen LogP contribution in [0.15, 0.2) is 0 Å². The number of carbonyl (C=O) groups is 4. The Morgan fingerprint density at radius 3 is 0.740 bits per heavy atom. The monoisotopic (exact) mass is 1410 g/mol. The number of hydrogen-bond donors (Lipinski definition) is 3. The largest absolute Gasteiger partial charge is 0.472 e. The third kappa shape index (κ3) is 67.9. The van der Waals surface area contributed by atoms with E-state index in [1.54, 1.807) is 0 Å². The molecule has 0 aliphatic rings. The summed E-state index contributed by atoms with van der Waals surface area (Å²) in [6, 6.07) is 0. The van der Waals surface area contributed by atoms with Gasteiger partial charge in [0.2, 0.25) is 0 Å². The second-order valence-electron chi connectivity index (χ2n) is 28.2. The van der Waals surface area contributed by atoms with E-state index in [-0.39, 0.29) is 25.7 Å². The third-order valence-corrected chi connectivity index (χ3v) is 20.6. The minimum absolute atomic E-state index is 0.104. The van der Waals surface area contributed by atoms with E-state index in [2.05, 4.69) is 41.5 Å². The van der Waals surface area contributed by atoms with Crippen LogP contribution < -0.4 is 0 Å². The Balaban J connectivity index is 5.13. The van der Waals surface area contributed by atoms with Crippen molar-refractivity contribution >= 4 is 39.5 Å². The van der Waals surface area contributed by atoms with Gasteiger partial charge < -0.3 is 33.8 Å². The number of carbonyl (C=O) groups excluding carboxylic acids is 4. The first-order valence-corrected chi connectivity index (χ1v) is 43.1. The van der Waals surface area contributed by atoms with Gasteiger partial charge in [-0.15, -0.1) is 0 Å². The van der Waals surface area contributed by atoms with Crippen LogP contribution in [0.2, 0.25) is 0 Å². The van der Waals surface area contributed by atoms with Crippen molar-refractivity contribution in [3.8, 4) is 0 Å². The van der Waals surface area contributed by atoms with Crippen LogP contribution >= 0.6 is 15.6 Å². The predicted octanol–water partition coefficient (Wildman–Crippen LogP) is 22.7. The van der Waals surface area contributed by atoms with Crippen LogP contribution in [0.1, 0.15) is 401 Å². The summed E-state index contributed by atoms with van der Waals surface area (Å²) in [6.45, 7) is 9.56. The number of rotatable bonds is 76. The summed E-state index contributed by atoms with van der Waals surface area (Å²) < 4.78 is 68.3. The molecule has 0 aromatic heterocycles. The van der Waals surface area contributed by atoms with Crippen LogP contribution in [-0.4, -0.2) is 96.7 Å². The maximum Gasteiger partial charge on any atom is 0.472 e. The van der Waals surface area contributed by atoms with Gasteiger partial charge in [0, 0.05) is 25.7 Å². The molecule has 0 fully saturated rings. The molecule has 0 aromatic rings. The minimum Gasteiger partial charge on any atom is -0.462 e. The molecule has 0 saturated heterocycles. The molecule has 0 saturated carbocycles. The normalized spacial score (nSPS) is 14.6. The van der Waals surface area contributed by atoms with Gasteiger partial charge in [0.25, 0.3) is 0 Å². The molecule has 96 heavy (non-hydrogen) atoms. The molecule has 0 aliphatic carbocycles. The standard InChI is InChI=1S/C77H150O17P2/c1-7-11-13-15-16-17-18-19-20-21-22-23-24-25-26-31-34-37-43-49-55-61-76(81)94-73(66-88-75(80)60-54-48-42-36-33-30-28-27-29-32-35-40-46-51-57-69(5)9-3)68-92-96(85,86)90-64-71(78)63-89-95(83,84)91-67-72(65-87-74(79)59-53-45-14-12-8-2)93-77(82)62-56-50-44-39-38-41-47-52-58-70(6)10-4/h69-73,78H,7-68H2,1-6H3,(H,83,84)(H,85,86)/t69?,70?,71-,72+,73+/m0/s1. The molecule has 0 bridgehead atoms. The predicted molar refractivity (Wildman–Crippen MR) is 391 cm³/mol. The minimum atomic E-state index is -4.96. The summed E-state index contributed by atoms with van der Waals surface area (Å²) >= 11 is 0. The van der Waals surface area contributed by atoms with Crippen LogP contribution in [0, 0.1) is 11.8 Å². The summed E-state index contributed by atoms with van der Waals surface area (Å²) in [4.78, 5) is 72.5. The molecule has 17 nitrogen and oxygen atoms in total. The molecule has 0 aliphatic heterocycles. The lowest BCUT2D eigenvalue weighted by Crippen LogP contribution is -2.30. The van der Waals surface area contributed by atoms with E-state index in [0.717, 1.165) is 108 Å². The van der Waals surface area contributed by atoms with Gasteiger partial charge in [-0.1, -0.05) is 350 Å². The lowest BCUT2D eigenvalue weighted by Gasteiger charge is -2.21. The number of esters is 4. The second-order valence-corrected chi connectivity index (χ2v) is 31.1. The van der Waals surface area contributed by atoms with Gasteiger partial charge in [0.1, 0.15) is 19.3 Å². The van der Waals surface area contributed by atoms with Crippen LogP contribution in [0.3, 0.4) is 0 Å². The Hall–Kier alpha value is -1.94. The maximum atomic E-state index is 13.1. The average Bonchev–Trinajstić information content (AvgIpc) is 2.62. The number of unbranched alkanes of at least 4 members (excludes halogenated alkanes) is 44. The summed E-state index contributed by atoms with van der Waals surface area (Å²) in [7, 11) is -9.90. The highest BCUT2D eigenvalue weighted by atomic mass is 31.2.